The molecule has 0 saturated carbocycles. The quantitative estimate of drug-likeness (QED) is 0.205. The van der Waals surface area contributed by atoms with E-state index in [0.29, 0.717) is 11.6 Å². The van der Waals surface area contributed by atoms with Crippen molar-refractivity contribution in [3.8, 4) is 0 Å². The van der Waals surface area contributed by atoms with Crippen molar-refractivity contribution in [2.75, 3.05) is 18.0 Å². The Morgan fingerprint density at radius 3 is 1.77 bits per heavy atom. The Bertz CT molecular complexity index is 1170. The molecule has 0 fully saturated rings. The molecule has 0 aliphatic rings. The van der Waals surface area contributed by atoms with Crippen LogP contribution in [0.15, 0.2) is 127 Å². The number of hydrogen-bond donors (Lipinski definition) is 0. The number of carbonyl (C=O) groups excluding carboxylic acids is 1. The van der Waals surface area contributed by atoms with Crippen molar-refractivity contribution in [2.45, 2.75) is 6.92 Å². The van der Waals surface area contributed by atoms with Gasteiger partial charge in [-0.05, 0) is 0 Å². The molecule has 0 heterocycles. The van der Waals surface area contributed by atoms with Crippen LogP contribution < -0.4 is 15.6 Å². The molecular formula is C30H28ClNO2Sn. The van der Waals surface area contributed by atoms with Crippen LogP contribution in [-0.2, 0) is 7.87 Å². The van der Waals surface area contributed by atoms with E-state index in [9.17, 15) is 4.79 Å². The van der Waals surface area contributed by atoms with Gasteiger partial charge in [-0.3, -0.25) is 0 Å². The molecule has 0 aliphatic carbocycles. The molecule has 0 aliphatic heterocycles. The number of halogens is 1. The summed E-state index contributed by atoms with van der Waals surface area (Å²) in [5.74, 6) is -0.248. The molecule has 0 atom stereocenters. The molecular weight excluding hydrogens is 560 g/mol. The van der Waals surface area contributed by atoms with Crippen LogP contribution in [-0.4, -0.2) is 37.8 Å². The van der Waals surface area contributed by atoms with E-state index < -0.39 is 18.8 Å². The Morgan fingerprint density at radius 2 is 1.31 bits per heavy atom. The summed E-state index contributed by atoms with van der Waals surface area (Å²) in [7, 11) is 0. The van der Waals surface area contributed by atoms with E-state index in [1.807, 2.05) is 103 Å². The molecule has 0 aromatic heterocycles. The Labute approximate surface area is 217 Å². The maximum absolute atomic E-state index is 13.7. The van der Waals surface area contributed by atoms with E-state index >= 15 is 0 Å². The van der Waals surface area contributed by atoms with Gasteiger partial charge in [0.25, 0.3) is 0 Å². The predicted octanol–water partition coefficient (Wildman–Crippen LogP) is 4.93. The normalized spacial score (nSPS) is 11.4. The van der Waals surface area contributed by atoms with Crippen LogP contribution in [0, 0.1) is 0 Å². The summed E-state index contributed by atoms with van der Waals surface area (Å²) in [6.45, 7) is 2.67. The predicted molar refractivity (Wildman–Crippen MR) is 149 cm³/mol. The minimum atomic E-state index is -4.15. The maximum atomic E-state index is 13.7. The molecule has 4 aromatic rings. The average molecular weight is 589 g/mol. The zero-order chi connectivity index (χ0) is 24.5. The summed E-state index contributed by atoms with van der Waals surface area (Å²) in [6.07, 6.45) is 4.00. The number of anilines is 1. The SMILES string of the molecule is C/C=C/CN(CC(=O)[O][Sn]([c]1ccccc1)([c]1ccccc1)[c]1ccccc1)c1cccc(Cl)c1. The van der Waals surface area contributed by atoms with E-state index in [-0.39, 0.29) is 12.5 Å². The fourth-order valence-corrected chi connectivity index (χ4v) is 15.1. The molecule has 4 rings (SSSR count). The number of allylic oxidation sites excluding steroid dienone is 1. The first-order chi connectivity index (χ1) is 17.1. The van der Waals surface area contributed by atoms with E-state index in [0.717, 1.165) is 16.4 Å². The van der Waals surface area contributed by atoms with Crippen LogP contribution in [0.1, 0.15) is 6.92 Å². The van der Waals surface area contributed by atoms with Crippen molar-refractivity contribution in [1.29, 1.82) is 0 Å². The molecule has 5 heteroatoms. The van der Waals surface area contributed by atoms with Gasteiger partial charge >= 0.3 is 218 Å². The number of hydrogen-bond acceptors (Lipinski definition) is 3. The van der Waals surface area contributed by atoms with Gasteiger partial charge in [-0.15, -0.1) is 0 Å². The zero-order valence-electron chi connectivity index (χ0n) is 19.7. The summed E-state index contributed by atoms with van der Waals surface area (Å²) >= 11 is 2.10. The van der Waals surface area contributed by atoms with Crippen LogP contribution in [0.3, 0.4) is 0 Å². The standard InChI is InChI=1S/C12H14ClNO2.3C6H5.Sn/c1-2-3-7-14(9-12(15)16)11-6-4-5-10(13)8-11;3*1-2-4-6-5-3-1;/h2-6,8H,7,9H2,1H3,(H,15,16);3*1-5H;/q;;;;+1/p-1/b3-2+;;;;. The molecule has 0 radical (unpaired) electrons. The van der Waals surface area contributed by atoms with Gasteiger partial charge in [-0.2, -0.15) is 0 Å². The van der Waals surface area contributed by atoms with Gasteiger partial charge in [0.15, 0.2) is 0 Å². The molecule has 3 nitrogen and oxygen atoms in total. The summed E-state index contributed by atoms with van der Waals surface area (Å²) in [6, 6.07) is 38.2. The molecule has 0 amide bonds. The summed E-state index contributed by atoms with van der Waals surface area (Å²) < 4.78 is 10.0. The molecule has 0 saturated heterocycles. The van der Waals surface area contributed by atoms with Gasteiger partial charge in [0.2, 0.25) is 0 Å². The van der Waals surface area contributed by atoms with Crippen LogP contribution in [0.2, 0.25) is 5.02 Å². The number of benzene rings is 4. The number of rotatable bonds is 9. The van der Waals surface area contributed by atoms with Gasteiger partial charge in [-0.25, -0.2) is 0 Å². The molecule has 0 bridgehead atoms. The fourth-order valence-electron chi connectivity index (χ4n) is 4.22. The van der Waals surface area contributed by atoms with Crippen molar-refractivity contribution in [1.82, 2.24) is 0 Å². The topological polar surface area (TPSA) is 29.5 Å². The first-order valence-electron chi connectivity index (χ1n) is 11.6. The second-order valence-electron chi connectivity index (χ2n) is 8.18. The third-order valence-electron chi connectivity index (χ3n) is 5.86. The fraction of sp³-hybridized carbons (Fsp3) is 0.100. The van der Waals surface area contributed by atoms with Crippen molar-refractivity contribution < 1.29 is 7.87 Å². The Morgan fingerprint density at radius 1 is 0.800 bits per heavy atom. The van der Waals surface area contributed by atoms with Gasteiger partial charge in [0, 0.05) is 0 Å². The van der Waals surface area contributed by atoms with Gasteiger partial charge < -0.3 is 0 Å². The van der Waals surface area contributed by atoms with Crippen LogP contribution in [0.4, 0.5) is 5.69 Å². The second kappa shape index (κ2) is 12.1. The van der Waals surface area contributed by atoms with E-state index in [1.165, 1.54) is 0 Å². The molecule has 0 N–H and O–H groups in total. The van der Waals surface area contributed by atoms with Gasteiger partial charge in [0.05, 0.1) is 0 Å². The van der Waals surface area contributed by atoms with E-state index in [1.54, 1.807) is 0 Å². The van der Waals surface area contributed by atoms with Crippen LogP contribution in [0.25, 0.3) is 0 Å². The van der Waals surface area contributed by atoms with Gasteiger partial charge in [0.1, 0.15) is 0 Å². The summed E-state index contributed by atoms with van der Waals surface area (Å²) in [5, 5.41) is 0.632. The first kappa shape index (κ1) is 25.1. The molecule has 35 heavy (non-hydrogen) atoms. The average Bonchev–Trinajstić information content (AvgIpc) is 2.91. The summed E-state index contributed by atoms with van der Waals surface area (Å²) in [5.41, 5.74) is 0.882. The number of carbonyl (C=O) groups is 1. The number of nitrogens with zero attached hydrogens (tertiary/aromatic N) is 1. The molecule has 0 unspecified atom stereocenters. The van der Waals surface area contributed by atoms with Crippen LogP contribution >= 0.6 is 11.6 Å². The van der Waals surface area contributed by atoms with Crippen molar-refractivity contribution >= 4 is 52.8 Å². The zero-order valence-corrected chi connectivity index (χ0v) is 23.3. The van der Waals surface area contributed by atoms with E-state index in [2.05, 4.69) is 36.4 Å². The third kappa shape index (κ3) is 5.98. The molecule has 4 aromatic carbocycles. The third-order valence-corrected chi connectivity index (χ3v) is 17.4. The minimum absolute atomic E-state index is 0.121. The first-order valence-corrected chi connectivity index (χ1v) is 17.5. The van der Waals surface area contributed by atoms with Crippen molar-refractivity contribution in [3.05, 3.63) is 132 Å². The Kier molecular flexibility index (Phi) is 8.67. The Hall–Kier alpha value is -3.02. The van der Waals surface area contributed by atoms with Gasteiger partial charge in [-0.1, -0.05) is 0 Å². The van der Waals surface area contributed by atoms with Crippen molar-refractivity contribution in [3.63, 3.8) is 0 Å². The molecule has 176 valence electrons. The van der Waals surface area contributed by atoms with Crippen LogP contribution in [0.5, 0.6) is 0 Å². The summed E-state index contributed by atoms with van der Waals surface area (Å²) in [4.78, 5) is 15.7. The Balaban J connectivity index is 1.77. The monoisotopic (exact) mass is 589 g/mol. The molecule has 0 spiro atoms. The van der Waals surface area contributed by atoms with Crippen molar-refractivity contribution in [2.24, 2.45) is 0 Å². The second-order valence-corrected chi connectivity index (χ2v) is 18.0. The van der Waals surface area contributed by atoms with E-state index in [4.69, 9.17) is 14.7 Å².